The van der Waals surface area contributed by atoms with E-state index in [9.17, 15) is 5.11 Å². The molecule has 2 atom stereocenters. The van der Waals surface area contributed by atoms with Crippen molar-refractivity contribution in [2.75, 3.05) is 0 Å². The largest absolute Gasteiger partial charge is 0.386 e. The van der Waals surface area contributed by atoms with Gasteiger partial charge in [0.05, 0.1) is 6.04 Å². The third-order valence-electron chi connectivity index (χ3n) is 4.37. The standard InChI is InChI=1S/C18H21ClIN3O/c1-17(2,3)18(24,9-4-10-20)16(23-13-21-12-22-23)11-14-5-7-15(19)8-6-14/h5-8,12-13,16,24H,9,11H2,1-3H3. The van der Waals surface area contributed by atoms with Gasteiger partial charge in [-0.25, -0.2) is 9.67 Å². The van der Waals surface area contributed by atoms with E-state index < -0.39 is 11.0 Å². The molecule has 0 saturated carbocycles. The number of hydrogen-bond donors (Lipinski definition) is 1. The third kappa shape index (κ3) is 4.29. The molecule has 0 amide bonds. The van der Waals surface area contributed by atoms with Gasteiger partial charge in [-0.2, -0.15) is 5.10 Å². The average molecular weight is 458 g/mol. The quantitative estimate of drug-likeness (QED) is 0.539. The summed E-state index contributed by atoms with van der Waals surface area (Å²) in [6.45, 7) is 6.06. The summed E-state index contributed by atoms with van der Waals surface area (Å²) in [5.41, 5.74) is -0.389. The van der Waals surface area contributed by atoms with E-state index in [1.165, 1.54) is 6.33 Å². The number of aromatic nitrogens is 3. The fourth-order valence-electron chi connectivity index (χ4n) is 2.75. The predicted molar refractivity (Wildman–Crippen MR) is 105 cm³/mol. The number of rotatable bonds is 5. The lowest BCUT2D eigenvalue weighted by Gasteiger charge is -2.45. The molecule has 0 aliphatic rings. The fourth-order valence-corrected chi connectivity index (χ4v) is 3.07. The van der Waals surface area contributed by atoms with Crippen LogP contribution in [0.3, 0.4) is 0 Å². The first-order valence-electron chi connectivity index (χ1n) is 7.67. The molecule has 1 aromatic carbocycles. The van der Waals surface area contributed by atoms with E-state index in [1.54, 1.807) is 11.0 Å². The van der Waals surface area contributed by atoms with E-state index in [-0.39, 0.29) is 6.04 Å². The Morgan fingerprint density at radius 2 is 1.96 bits per heavy atom. The first kappa shape index (κ1) is 19.2. The minimum atomic E-state index is -1.07. The van der Waals surface area contributed by atoms with Crippen molar-refractivity contribution in [1.29, 1.82) is 0 Å². The van der Waals surface area contributed by atoms with Crippen molar-refractivity contribution in [2.24, 2.45) is 5.41 Å². The second-order valence-corrected chi connectivity index (χ2v) is 7.82. The van der Waals surface area contributed by atoms with Gasteiger partial charge in [-0.1, -0.05) is 50.4 Å². The summed E-state index contributed by atoms with van der Waals surface area (Å²) >= 11 is 7.98. The van der Waals surface area contributed by atoms with E-state index in [4.69, 9.17) is 11.6 Å². The first-order chi connectivity index (χ1) is 11.3. The fraction of sp³-hybridized carbons (Fsp3) is 0.444. The zero-order chi connectivity index (χ0) is 17.8. The molecule has 0 saturated heterocycles. The van der Waals surface area contributed by atoms with Gasteiger partial charge in [0.1, 0.15) is 18.3 Å². The topological polar surface area (TPSA) is 50.9 Å². The summed E-state index contributed by atoms with van der Waals surface area (Å²) in [7, 11) is 0. The van der Waals surface area contributed by atoms with Gasteiger partial charge in [0.15, 0.2) is 0 Å². The lowest BCUT2D eigenvalue weighted by molar-refractivity contribution is -0.0978. The Labute approximate surface area is 161 Å². The number of hydrogen-bond acceptors (Lipinski definition) is 3. The van der Waals surface area contributed by atoms with Gasteiger partial charge in [-0.3, -0.25) is 0 Å². The molecule has 0 aliphatic heterocycles. The van der Waals surface area contributed by atoms with Crippen LogP contribution in [0.5, 0.6) is 0 Å². The van der Waals surface area contributed by atoms with Crippen LogP contribution < -0.4 is 0 Å². The van der Waals surface area contributed by atoms with Gasteiger partial charge in [-0.05, 0) is 33.5 Å². The predicted octanol–water partition coefficient (Wildman–Crippen LogP) is 4.28. The molecule has 24 heavy (non-hydrogen) atoms. The molecular formula is C18H21ClIN3O. The minimum absolute atomic E-state index is 0.293. The van der Waals surface area contributed by atoms with Crippen LogP contribution in [-0.4, -0.2) is 25.5 Å². The summed E-state index contributed by atoms with van der Waals surface area (Å²) in [6, 6.07) is 7.36. The molecule has 1 aromatic heterocycles. The Kier molecular flexibility index (Phi) is 6.29. The maximum absolute atomic E-state index is 11.6. The van der Waals surface area contributed by atoms with Crippen molar-refractivity contribution < 1.29 is 5.11 Å². The van der Waals surface area contributed by atoms with Crippen LogP contribution in [0, 0.1) is 15.3 Å². The molecule has 6 heteroatoms. The summed E-state index contributed by atoms with van der Waals surface area (Å²) in [6.07, 6.45) is 4.10. The normalized spacial score (nSPS) is 15.2. The van der Waals surface area contributed by atoms with Crippen LogP contribution >= 0.6 is 34.2 Å². The highest BCUT2D eigenvalue weighted by atomic mass is 127. The van der Waals surface area contributed by atoms with Gasteiger partial charge < -0.3 is 5.11 Å². The molecule has 128 valence electrons. The Hall–Kier alpha value is -1.10. The maximum atomic E-state index is 11.6. The van der Waals surface area contributed by atoms with Crippen molar-refractivity contribution in [3.05, 3.63) is 47.5 Å². The van der Waals surface area contributed by atoms with Gasteiger partial charge in [0.2, 0.25) is 0 Å². The lowest BCUT2D eigenvalue weighted by atomic mass is 9.68. The SMILES string of the molecule is CC(C)(C)C(O)(CC#CI)C(Cc1ccc(Cl)cc1)n1cncn1. The van der Waals surface area contributed by atoms with Gasteiger partial charge >= 0.3 is 0 Å². The molecule has 4 nitrogen and oxygen atoms in total. The number of benzene rings is 1. The lowest BCUT2D eigenvalue weighted by Crippen LogP contribution is -2.51. The third-order valence-corrected chi connectivity index (χ3v) is 5.01. The number of nitrogens with zero attached hydrogens (tertiary/aromatic N) is 3. The van der Waals surface area contributed by atoms with E-state index in [0.29, 0.717) is 17.9 Å². The Balaban J connectivity index is 2.46. The Bertz CT molecular complexity index is 713. The molecule has 0 bridgehead atoms. The minimum Gasteiger partial charge on any atom is -0.386 e. The zero-order valence-corrected chi connectivity index (χ0v) is 16.9. The highest BCUT2D eigenvalue weighted by molar-refractivity contribution is 14.1. The first-order valence-corrected chi connectivity index (χ1v) is 9.13. The van der Waals surface area contributed by atoms with Crippen LogP contribution in [0.15, 0.2) is 36.9 Å². The van der Waals surface area contributed by atoms with Crippen LogP contribution in [0.1, 0.15) is 38.8 Å². The van der Waals surface area contributed by atoms with Crippen molar-refractivity contribution in [1.82, 2.24) is 14.8 Å². The highest BCUT2D eigenvalue weighted by Crippen LogP contribution is 2.43. The van der Waals surface area contributed by atoms with Crippen LogP contribution in [0.2, 0.25) is 5.02 Å². The molecule has 0 radical (unpaired) electrons. The van der Waals surface area contributed by atoms with Gasteiger partial charge in [0, 0.05) is 34.0 Å². The molecular weight excluding hydrogens is 437 g/mol. The second kappa shape index (κ2) is 7.85. The van der Waals surface area contributed by atoms with Gasteiger partial charge in [-0.15, -0.1) is 0 Å². The molecule has 2 rings (SSSR count). The molecule has 0 aliphatic carbocycles. The van der Waals surface area contributed by atoms with Crippen LogP contribution in [0.4, 0.5) is 0 Å². The van der Waals surface area contributed by atoms with Crippen molar-refractivity contribution >= 4 is 34.2 Å². The maximum Gasteiger partial charge on any atom is 0.137 e. The molecule has 0 fully saturated rings. The van der Waals surface area contributed by atoms with Crippen LogP contribution in [-0.2, 0) is 6.42 Å². The smallest absolute Gasteiger partial charge is 0.137 e. The second-order valence-electron chi connectivity index (χ2n) is 6.84. The molecule has 2 aromatic rings. The van der Waals surface area contributed by atoms with E-state index in [2.05, 4.69) is 19.9 Å². The number of halogens is 2. The van der Waals surface area contributed by atoms with Crippen molar-refractivity contribution in [3.8, 4) is 9.85 Å². The molecule has 0 spiro atoms. The summed E-state index contributed by atoms with van der Waals surface area (Å²) in [4.78, 5) is 4.06. The Morgan fingerprint density at radius 1 is 1.29 bits per heavy atom. The average Bonchev–Trinajstić information content (AvgIpc) is 3.05. The zero-order valence-electron chi connectivity index (χ0n) is 14.0. The van der Waals surface area contributed by atoms with E-state index in [1.807, 2.05) is 67.6 Å². The molecule has 1 heterocycles. The Morgan fingerprint density at radius 3 is 2.46 bits per heavy atom. The molecule has 1 N–H and O–H groups in total. The van der Waals surface area contributed by atoms with E-state index in [0.717, 1.165) is 5.56 Å². The monoisotopic (exact) mass is 457 g/mol. The van der Waals surface area contributed by atoms with Gasteiger partial charge in [0.25, 0.3) is 0 Å². The highest BCUT2D eigenvalue weighted by Gasteiger charge is 2.47. The van der Waals surface area contributed by atoms with Crippen molar-refractivity contribution in [2.45, 2.75) is 45.3 Å². The summed E-state index contributed by atoms with van der Waals surface area (Å²) in [5, 5.41) is 16.6. The summed E-state index contributed by atoms with van der Waals surface area (Å²) < 4.78 is 4.60. The van der Waals surface area contributed by atoms with Crippen LogP contribution in [0.25, 0.3) is 0 Å². The number of aliphatic hydroxyl groups is 1. The summed E-state index contributed by atoms with van der Waals surface area (Å²) in [5.74, 6) is 3.04. The van der Waals surface area contributed by atoms with Crippen molar-refractivity contribution in [3.63, 3.8) is 0 Å². The van der Waals surface area contributed by atoms with E-state index >= 15 is 0 Å². The molecule has 2 unspecified atom stereocenters.